The molecule has 0 aliphatic heterocycles. The van der Waals surface area contributed by atoms with Crippen LogP contribution in [-0.4, -0.2) is 29.1 Å². The molecule has 2 heterocycles. The number of hydrogen-bond donors (Lipinski definition) is 1. The Morgan fingerprint density at radius 1 is 1.10 bits per heavy atom. The van der Waals surface area contributed by atoms with Crippen LogP contribution in [0.5, 0.6) is 0 Å². The van der Waals surface area contributed by atoms with Crippen LogP contribution in [0.2, 0.25) is 0 Å². The molecule has 0 bridgehead atoms. The highest BCUT2D eigenvalue weighted by molar-refractivity contribution is 7.92. The first-order chi connectivity index (χ1) is 13.6. The quantitative estimate of drug-likeness (QED) is 0.630. The van der Waals surface area contributed by atoms with Gasteiger partial charge in [0.25, 0.3) is 9.84 Å². The van der Waals surface area contributed by atoms with Gasteiger partial charge in [-0.3, -0.25) is 4.98 Å². The molecule has 1 atom stereocenters. The molecule has 0 fully saturated rings. The van der Waals surface area contributed by atoms with Gasteiger partial charge in [0.1, 0.15) is 6.04 Å². The van der Waals surface area contributed by atoms with Crippen molar-refractivity contribution in [2.24, 2.45) is 5.92 Å². The second kappa shape index (κ2) is 7.82. The number of benzene rings is 1. The number of anilines is 1. The number of hydrogen-bond acceptors (Lipinski definition) is 7. The molecule has 2 aromatic heterocycles. The zero-order chi connectivity index (χ0) is 21.2. The monoisotopic (exact) mass is 426 g/mol. The summed E-state index contributed by atoms with van der Waals surface area (Å²) in [6.07, 6.45) is 3.21. The van der Waals surface area contributed by atoms with E-state index in [2.05, 4.69) is 20.4 Å². The lowest BCUT2D eigenvalue weighted by atomic mass is 10.0. The SMILES string of the molecule is CC(C)C(Nc1ccc(S(=O)(=O)C(F)(F)F)cc1)c1nc(-c2cccnc2)no1. The van der Waals surface area contributed by atoms with Gasteiger partial charge in [0.15, 0.2) is 0 Å². The maximum absolute atomic E-state index is 12.7. The molecule has 0 saturated heterocycles. The highest BCUT2D eigenvalue weighted by atomic mass is 32.2. The van der Waals surface area contributed by atoms with E-state index in [-0.39, 0.29) is 11.8 Å². The zero-order valence-electron chi connectivity index (χ0n) is 15.4. The fourth-order valence-corrected chi connectivity index (χ4v) is 3.29. The Hall–Kier alpha value is -2.95. The number of rotatable bonds is 6. The fraction of sp³-hybridized carbons (Fsp3) is 0.278. The predicted octanol–water partition coefficient (Wildman–Crippen LogP) is 4.23. The van der Waals surface area contributed by atoms with Crippen molar-refractivity contribution in [1.82, 2.24) is 15.1 Å². The van der Waals surface area contributed by atoms with Crippen LogP contribution in [0, 0.1) is 5.92 Å². The topological polar surface area (TPSA) is 98.0 Å². The Bertz CT molecular complexity index is 1070. The van der Waals surface area contributed by atoms with E-state index in [1.54, 1.807) is 24.5 Å². The van der Waals surface area contributed by atoms with Gasteiger partial charge in [0.2, 0.25) is 11.7 Å². The fourth-order valence-electron chi connectivity index (χ4n) is 2.53. The molecule has 0 aliphatic carbocycles. The predicted molar refractivity (Wildman–Crippen MR) is 98.4 cm³/mol. The van der Waals surface area contributed by atoms with Gasteiger partial charge in [-0.15, -0.1) is 0 Å². The Labute approximate surface area is 164 Å². The largest absolute Gasteiger partial charge is 0.501 e. The zero-order valence-corrected chi connectivity index (χ0v) is 16.2. The molecular weight excluding hydrogens is 409 g/mol. The van der Waals surface area contributed by atoms with Gasteiger partial charge in [-0.05, 0) is 42.3 Å². The lowest BCUT2D eigenvalue weighted by Gasteiger charge is -2.20. The van der Waals surface area contributed by atoms with E-state index in [9.17, 15) is 21.6 Å². The van der Waals surface area contributed by atoms with Gasteiger partial charge in [-0.2, -0.15) is 18.2 Å². The summed E-state index contributed by atoms with van der Waals surface area (Å²) in [5.74, 6) is 0.619. The van der Waals surface area contributed by atoms with E-state index in [0.717, 1.165) is 12.1 Å². The lowest BCUT2D eigenvalue weighted by molar-refractivity contribution is -0.0436. The van der Waals surface area contributed by atoms with Crippen LogP contribution >= 0.6 is 0 Å². The maximum atomic E-state index is 12.7. The van der Waals surface area contributed by atoms with Crippen LogP contribution < -0.4 is 5.32 Å². The van der Waals surface area contributed by atoms with Crippen molar-refractivity contribution in [3.05, 3.63) is 54.7 Å². The third kappa shape index (κ3) is 4.39. The molecule has 1 aromatic carbocycles. The summed E-state index contributed by atoms with van der Waals surface area (Å²) < 4.78 is 66.3. The highest BCUT2D eigenvalue weighted by Crippen LogP contribution is 2.32. The molecule has 0 saturated carbocycles. The average molecular weight is 426 g/mol. The Morgan fingerprint density at radius 3 is 2.34 bits per heavy atom. The van der Waals surface area contributed by atoms with Gasteiger partial charge in [-0.25, -0.2) is 8.42 Å². The maximum Gasteiger partial charge on any atom is 0.501 e. The van der Waals surface area contributed by atoms with Gasteiger partial charge >= 0.3 is 5.51 Å². The molecule has 154 valence electrons. The molecule has 3 aromatic rings. The van der Waals surface area contributed by atoms with Crippen molar-refractivity contribution in [2.45, 2.75) is 30.3 Å². The molecule has 0 radical (unpaired) electrons. The molecule has 0 amide bonds. The Balaban J connectivity index is 1.83. The summed E-state index contributed by atoms with van der Waals surface area (Å²) >= 11 is 0. The van der Waals surface area contributed by atoms with Gasteiger partial charge < -0.3 is 9.84 Å². The van der Waals surface area contributed by atoms with Crippen LogP contribution in [0.25, 0.3) is 11.4 Å². The van der Waals surface area contributed by atoms with E-state index in [1.165, 1.54) is 12.1 Å². The van der Waals surface area contributed by atoms with Gasteiger partial charge in [0.05, 0.1) is 4.90 Å². The smallest absolute Gasteiger partial charge is 0.373 e. The van der Waals surface area contributed by atoms with Crippen molar-refractivity contribution in [2.75, 3.05) is 5.32 Å². The number of aromatic nitrogens is 3. The first kappa shape index (κ1) is 20.8. The molecule has 1 unspecified atom stereocenters. The van der Waals surface area contributed by atoms with Crippen LogP contribution in [0.15, 0.2) is 58.2 Å². The molecule has 7 nitrogen and oxygen atoms in total. The van der Waals surface area contributed by atoms with Crippen LogP contribution in [0.3, 0.4) is 0 Å². The van der Waals surface area contributed by atoms with Gasteiger partial charge in [-0.1, -0.05) is 19.0 Å². The van der Waals surface area contributed by atoms with Crippen LogP contribution in [0.1, 0.15) is 25.8 Å². The minimum absolute atomic E-state index is 0.0178. The Kier molecular flexibility index (Phi) is 5.60. The van der Waals surface area contributed by atoms with E-state index < -0.39 is 26.3 Å². The Morgan fingerprint density at radius 2 is 1.79 bits per heavy atom. The van der Waals surface area contributed by atoms with E-state index >= 15 is 0 Å². The molecule has 0 aliphatic rings. The van der Waals surface area contributed by atoms with E-state index in [0.29, 0.717) is 17.1 Å². The van der Waals surface area contributed by atoms with Crippen molar-refractivity contribution in [1.29, 1.82) is 0 Å². The molecule has 11 heteroatoms. The number of pyridine rings is 1. The molecule has 1 N–H and O–H groups in total. The third-order valence-electron chi connectivity index (χ3n) is 4.09. The second-order valence-corrected chi connectivity index (χ2v) is 8.48. The normalized spacial score (nSPS) is 13.4. The van der Waals surface area contributed by atoms with E-state index in [1.807, 2.05) is 13.8 Å². The van der Waals surface area contributed by atoms with Crippen molar-refractivity contribution in [3.63, 3.8) is 0 Å². The average Bonchev–Trinajstić information content (AvgIpc) is 3.16. The standard InChI is InChI=1S/C18H17F3N4O3S/c1-11(2)15(17-24-16(25-28-17)12-4-3-9-22-10-12)23-13-5-7-14(8-6-13)29(26,27)18(19,20)21/h3-11,15,23H,1-2H3. The number of alkyl halides is 3. The third-order valence-corrected chi connectivity index (χ3v) is 5.59. The minimum Gasteiger partial charge on any atom is -0.373 e. The van der Waals surface area contributed by atoms with Crippen LogP contribution in [0.4, 0.5) is 18.9 Å². The first-order valence-corrected chi connectivity index (χ1v) is 10.00. The van der Waals surface area contributed by atoms with Crippen LogP contribution in [-0.2, 0) is 9.84 Å². The summed E-state index contributed by atoms with van der Waals surface area (Å²) in [6.45, 7) is 3.79. The van der Waals surface area contributed by atoms with Gasteiger partial charge in [0, 0.05) is 23.6 Å². The van der Waals surface area contributed by atoms with Crippen molar-refractivity contribution in [3.8, 4) is 11.4 Å². The first-order valence-electron chi connectivity index (χ1n) is 8.51. The lowest BCUT2D eigenvalue weighted by Crippen LogP contribution is -2.23. The molecule has 0 spiro atoms. The summed E-state index contributed by atoms with van der Waals surface area (Å²) in [5.41, 5.74) is -4.27. The number of nitrogens with one attached hydrogen (secondary N) is 1. The summed E-state index contributed by atoms with van der Waals surface area (Å²) in [5, 5.41) is 7.02. The molecule has 29 heavy (non-hydrogen) atoms. The molecular formula is C18H17F3N4O3S. The minimum atomic E-state index is -5.39. The number of sulfone groups is 1. The van der Waals surface area contributed by atoms with Crippen molar-refractivity contribution < 1.29 is 26.1 Å². The highest BCUT2D eigenvalue weighted by Gasteiger charge is 2.46. The summed E-state index contributed by atoms with van der Waals surface area (Å²) in [4.78, 5) is 7.53. The van der Waals surface area contributed by atoms with E-state index in [4.69, 9.17) is 4.52 Å². The number of nitrogens with zero attached hydrogens (tertiary/aromatic N) is 3. The van der Waals surface area contributed by atoms with Crippen molar-refractivity contribution >= 4 is 15.5 Å². The summed E-state index contributed by atoms with van der Waals surface area (Å²) in [7, 11) is -5.39. The molecule has 3 rings (SSSR count). The summed E-state index contributed by atoms with van der Waals surface area (Å²) in [6, 6.07) is 7.38. The second-order valence-electron chi connectivity index (χ2n) is 6.54. The number of halogens is 3.